The highest BCUT2D eigenvalue weighted by Crippen LogP contribution is 2.10. The van der Waals surface area contributed by atoms with Crippen molar-refractivity contribution in [3.63, 3.8) is 0 Å². The van der Waals surface area contributed by atoms with E-state index in [-0.39, 0.29) is 0 Å². The molecule has 0 saturated carbocycles. The van der Waals surface area contributed by atoms with Crippen LogP contribution in [0.5, 0.6) is 0 Å². The van der Waals surface area contributed by atoms with E-state index in [2.05, 4.69) is 5.32 Å². The zero-order chi connectivity index (χ0) is 15.9. The van der Waals surface area contributed by atoms with Crippen LogP contribution in [0.3, 0.4) is 0 Å². The van der Waals surface area contributed by atoms with Gasteiger partial charge in [0.25, 0.3) is 0 Å². The molecule has 0 unspecified atom stereocenters. The molecule has 0 aliphatic carbocycles. The SMILES string of the molecule is NC(=O)[C@H](Cc1ccccc1)NC(=O)[C@H](N)c1ccccc1. The number of carbonyl (C=O) groups excluding carboxylic acids is 2. The summed E-state index contributed by atoms with van der Waals surface area (Å²) in [5.74, 6) is -1.01. The molecule has 0 aromatic heterocycles. The molecule has 0 aliphatic rings. The first kappa shape index (κ1) is 15.7. The predicted molar refractivity (Wildman–Crippen MR) is 84.6 cm³/mol. The monoisotopic (exact) mass is 297 g/mol. The van der Waals surface area contributed by atoms with E-state index in [1.54, 1.807) is 24.3 Å². The van der Waals surface area contributed by atoms with Gasteiger partial charge in [0.05, 0.1) is 0 Å². The van der Waals surface area contributed by atoms with Crippen molar-refractivity contribution in [1.29, 1.82) is 0 Å². The number of nitrogens with two attached hydrogens (primary N) is 2. The maximum atomic E-state index is 12.2. The molecule has 2 atom stereocenters. The summed E-state index contributed by atoms with van der Waals surface area (Å²) in [6.45, 7) is 0. The number of hydrogen-bond donors (Lipinski definition) is 3. The second-order valence-corrected chi connectivity index (χ2v) is 5.04. The van der Waals surface area contributed by atoms with Crippen LogP contribution >= 0.6 is 0 Å². The Morgan fingerprint density at radius 2 is 1.50 bits per heavy atom. The van der Waals surface area contributed by atoms with Crippen molar-refractivity contribution in [3.8, 4) is 0 Å². The molecule has 2 aromatic rings. The molecular formula is C17H19N3O2. The molecule has 0 spiro atoms. The molecule has 0 aliphatic heterocycles. The summed E-state index contributed by atoms with van der Waals surface area (Å²) in [6, 6.07) is 16.7. The average molecular weight is 297 g/mol. The zero-order valence-corrected chi connectivity index (χ0v) is 12.1. The van der Waals surface area contributed by atoms with Gasteiger partial charge in [-0.25, -0.2) is 0 Å². The Morgan fingerprint density at radius 3 is 2.05 bits per heavy atom. The number of amides is 2. The molecule has 0 fully saturated rings. The summed E-state index contributed by atoms with van der Waals surface area (Å²) >= 11 is 0. The van der Waals surface area contributed by atoms with Crippen molar-refractivity contribution in [2.24, 2.45) is 11.5 Å². The van der Waals surface area contributed by atoms with Gasteiger partial charge in [0.15, 0.2) is 0 Å². The quantitative estimate of drug-likeness (QED) is 0.738. The molecule has 114 valence electrons. The summed E-state index contributed by atoms with van der Waals surface area (Å²) in [4.78, 5) is 23.8. The lowest BCUT2D eigenvalue weighted by atomic mass is 10.0. The largest absolute Gasteiger partial charge is 0.368 e. The molecular weight excluding hydrogens is 278 g/mol. The normalized spacial score (nSPS) is 13.1. The van der Waals surface area contributed by atoms with Crippen molar-refractivity contribution in [1.82, 2.24) is 5.32 Å². The zero-order valence-electron chi connectivity index (χ0n) is 12.1. The maximum Gasteiger partial charge on any atom is 0.242 e. The van der Waals surface area contributed by atoms with Gasteiger partial charge in [-0.05, 0) is 11.1 Å². The van der Waals surface area contributed by atoms with Gasteiger partial charge in [0.1, 0.15) is 12.1 Å². The molecule has 0 bridgehead atoms. The lowest BCUT2D eigenvalue weighted by Crippen LogP contribution is -2.48. The molecule has 5 nitrogen and oxygen atoms in total. The van der Waals surface area contributed by atoms with Crippen molar-refractivity contribution >= 4 is 11.8 Å². The highest BCUT2D eigenvalue weighted by Gasteiger charge is 2.23. The number of hydrogen-bond acceptors (Lipinski definition) is 3. The first-order valence-electron chi connectivity index (χ1n) is 7.02. The van der Waals surface area contributed by atoms with E-state index in [9.17, 15) is 9.59 Å². The predicted octanol–water partition coefficient (Wildman–Crippen LogP) is 0.899. The van der Waals surface area contributed by atoms with Crippen molar-refractivity contribution in [2.75, 3.05) is 0 Å². The lowest BCUT2D eigenvalue weighted by molar-refractivity contribution is -0.128. The number of primary amides is 1. The molecule has 0 radical (unpaired) electrons. The Morgan fingerprint density at radius 1 is 0.955 bits per heavy atom. The molecule has 0 saturated heterocycles. The van der Waals surface area contributed by atoms with E-state index >= 15 is 0 Å². The van der Waals surface area contributed by atoms with Crippen LogP contribution in [-0.4, -0.2) is 17.9 Å². The van der Waals surface area contributed by atoms with Gasteiger partial charge in [-0.3, -0.25) is 9.59 Å². The van der Waals surface area contributed by atoms with Crippen molar-refractivity contribution in [2.45, 2.75) is 18.5 Å². The van der Waals surface area contributed by atoms with Crippen LogP contribution in [-0.2, 0) is 16.0 Å². The second-order valence-electron chi connectivity index (χ2n) is 5.04. The Kier molecular flexibility index (Phi) is 5.27. The van der Waals surface area contributed by atoms with Gasteiger partial charge in [-0.15, -0.1) is 0 Å². The highest BCUT2D eigenvalue weighted by atomic mass is 16.2. The molecule has 5 heteroatoms. The molecule has 22 heavy (non-hydrogen) atoms. The third-order valence-electron chi connectivity index (χ3n) is 3.38. The Balaban J connectivity index is 2.04. The van der Waals surface area contributed by atoms with Crippen LogP contribution in [0.15, 0.2) is 60.7 Å². The second kappa shape index (κ2) is 7.38. The first-order chi connectivity index (χ1) is 10.6. The van der Waals surface area contributed by atoms with Crippen LogP contribution < -0.4 is 16.8 Å². The summed E-state index contributed by atoms with van der Waals surface area (Å²) in [7, 11) is 0. The topological polar surface area (TPSA) is 98.2 Å². The molecule has 0 heterocycles. The number of rotatable bonds is 6. The van der Waals surface area contributed by atoms with E-state index in [4.69, 9.17) is 11.5 Å². The summed E-state index contributed by atoms with van der Waals surface area (Å²) < 4.78 is 0. The van der Waals surface area contributed by atoms with Crippen LogP contribution in [0.1, 0.15) is 17.2 Å². The van der Waals surface area contributed by atoms with Crippen molar-refractivity contribution in [3.05, 3.63) is 71.8 Å². The van der Waals surface area contributed by atoms with E-state index in [1.807, 2.05) is 36.4 Å². The van der Waals surface area contributed by atoms with Crippen LogP contribution in [0.2, 0.25) is 0 Å². The van der Waals surface area contributed by atoms with Gasteiger partial charge in [0.2, 0.25) is 11.8 Å². The fourth-order valence-electron chi connectivity index (χ4n) is 2.15. The number of benzene rings is 2. The number of nitrogens with one attached hydrogen (secondary N) is 1. The molecule has 2 rings (SSSR count). The minimum atomic E-state index is -0.834. The lowest BCUT2D eigenvalue weighted by Gasteiger charge is -2.19. The summed E-state index contributed by atoms with van der Waals surface area (Å²) in [6.07, 6.45) is 0.337. The Bertz CT molecular complexity index is 629. The van der Waals surface area contributed by atoms with E-state index in [0.29, 0.717) is 12.0 Å². The van der Waals surface area contributed by atoms with E-state index < -0.39 is 23.9 Å². The minimum absolute atomic E-state index is 0.337. The van der Waals surface area contributed by atoms with Gasteiger partial charge in [-0.1, -0.05) is 60.7 Å². The Labute approximate surface area is 129 Å². The standard InChI is InChI=1S/C17H19N3O2/c18-15(13-9-5-2-6-10-13)17(22)20-14(16(19)21)11-12-7-3-1-4-8-12/h1-10,14-15H,11,18H2,(H2,19,21)(H,20,22)/t14-,15+/m0/s1. The summed E-state index contributed by atoms with van der Waals surface area (Å²) in [5, 5.41) is 2.62. The molecule has 5 N–H and O–H groups in total. The smallest absolute Gasteiger partial charge is 0.242 e. The highest BCUT2D eigenvalue weighted by molar-refractivity contribution is 5.89. The third-order valence-corrected chi connectivity index (χ3v) is 3.38. The van der Waals surface area contributed by atoms with Gasteiger partial charge in [0, 0.05) is 6.42 Å². The van der Waals surface area contributed by atoms with Crippen LogP contribution in [0.4, 0.5) is 0 Å². The van der Waals surface area contributed by atoms with Gasteiger partial charge >= 0.3 is 0 Å². The van der Waals surface area contributed by atoms with Crippen LogP contribution in [0.25, 0.3) is 0 Å². The maximum absolute atomic E-state index is 12.2. The van der Waals surface area contributed by atoms with Gasteiger partial charge < -0.3 is 16.8 Å². The third kappa shape index (κ3) is 4.17. The molecule has 2 aromatic carbocycles. The Hall–Kier alpha value is -2.66. The van der Waals surface area contributed by atoms with Gasteiger partial charge in [-0.2, -0.15) is 0 Å². The van der Waals surface area contributed by atoms with Crippen molar-refractivity contribution < 1.29 is 9.59 Å². The van der Waals surface area contributed by atoms with E-state index in [1.165, 1.54) is 0 Å². The fraction of sp³-hybridized carbons (Fsp3) is 0.176. The average Bonchev–Trinajstić information content (AvgIpc) is 2.55. The van der Waals surface area contributed by atoms with Crippen LogP contribution in [0, 0.1) is 0 Å². The summed E-state index contributed by atoms with van der Waals surface area (Å²) in [5.41, 5.74) is 12.9. The number of carbonyl (C=O) groups is 2. The minimum Gasteiger partial charge on any atom is -0.368 e. The fourth-order valence-corrected chi connectivity index (χ4v) is 2.15. The first-order valence-corrected chi connectivity index (χ1v) is 7.02. The van der Waals surface area contributed by atoms with E-state index in [0.717, 1.165) is 5.56 Å². The molecule has 2 amide bonds.